The number of unbranched alkanes of at least 4 members (excludes halogenated alkanes) is 2. The van der Waals surface area contributed by atoms with Crippen LogP contribution < -0.4 is 0 Å². The molecule has 0 bridgehead atoms. The van der Waals surface area contributed by atoms with E-state index in [4.69, 9.17) is 17.3 Å². The molecule has 1 saturated heterocycles. The Balaban J connectivity index is 1.70. The molecule has 0 unspecified atom stereocenters. The number of aromatic nitrogens is 2. The first-order valence-electron chi connectivity index (χ1n) is 10.1. The molecule has 3 aromatic rings. The van der Waals surface area contributed by atoms with Crippen LogP contribution in [0.5, 0.6) is 0 Å². The van der Waals surface area contributed by atoms with Crippen LogP contribution in [0.1, 0.15) is 31.7 Å². The van der Waals surface area contributed by atoms with E-state index in [1.807, 2.05) is 77.6 Å². The normalized spacial score (nSPS) is 15.4. The number of thioether (sulfide) groups is 1. The van der Waals surface area contributed by atoms with Crippen LogP contribution in [0.2, 0.25) is 0 Å². The average Bonchev–Trinajstić information content (AvgIpc) is 3.31. The van der Waals surface area contributed by atoms with Crippen molar-refractivity contribution >= 4 is 40.3 Å². The van der Waals surface area contributed by atoms with E-state index in [9.17, 15) is 4.79 Å². The summed E-state index contributed by atoms with van der Waals surface area (Å²) in [7, 11) is 0. The van der Waals surface area contributed by atoms with Crippen LogP contribution in [0.3, 0.4) is 0 Å². The molecule has 4 nitrogen and oxygen atoms in total. The Morgan fingerprint density at radius 3 is 2.43 bits per heavy atom. The van der Waals surface area contributed by atoms with Gasteiger partial charge in [0.1, 0.15) is 4.32 Å². The number of nitrogens with zero attached hydrogens (tertiary/aromatic N) is 3. The molecule has 0 atom stereocenters. The van der Waals surface area contributed by atoms with Gasteiger partial charge in [-0.15, -0.1) is 0 Å². The minimum Gasteiger partial charge on any atom is -0.293 e. The number of benzene rings is 2. The predicted octanol–water partition coefficient (Wildman–Crippen LogP) is 5.93. The molecule has 6 heteroatoms. The summed E-state index contributed by atoms with van der Waals surface area (Å²) < 4.78 is 2.50. The lowest BCUT2D eigenvalue weighted by atomic mass is 10.1. The number of carbonyl (C=O) groups is 1. The van der Waals surface area contributed by atoms with Gasteiger partial charge in [0.25, 0.3) is 5.91 Å². The highest BCUT2D eigenvalue weighted by molar-refractivity contribution is 8.26. The molecule has 4 rings (SSSR count). The summed E-state index contributed by atoms with van der Waals surface area (Å²) in [5.41, 5.74) is 3.73. The Bertz CT molecular complexity index is 1070. The van der Waals surface area contributed by atoms with Gasteiger partial charge in [0.2, 0.25) is 0 Å². The third-order valence-electron chi connectivity index (χ3n) is 4.96. The molecule has 1 aliphatic heterocycles. The largest absolute Gasteiger partial charge is 0.293 e. The van der Waals surface area contributed by atoms with Gasteiger partial charge in [-0.25, -0.2) is 4.68 Å². The highest BCUT2D eigenvalue weighted by atomic mass is 32.2. The summed E-state index contributed by atoms with van der Waals surface area (Å²) in [5.74, 6) is -0.00687. The first-order valence-corrected chi connectivity index (χ1v) is 11.4. The smallest absolute Gasteiger partial charge is 0.266 e. The van der Waals surface area contributed by atoms with Gasteiger partial charge in [-0.1, -0.05) is 92.3 Å². The molecule has 1 aromatic heterocycles. The zero-order chi connectivity index (χ0) is 20.9. The maximum absolute atomic E-state index is 13.0. The van der Waals surface area contributed by atoms with Crippen LogP contribution in [0.15, 0.2) is 71.8 Å². The predicted molar refractivity (Wildman–Crippen MR) is 128 cm³/mol. The molecule has 0 radical (unpaired) electrons. The third-order valence-corrected chi connectivity index (χ3v) is 6.33. The second-order valence-electron chi connectivity index (χ2n) is 7.12. The summed E-state index contributed by atoms with van der Waals surface area (Å²) in [5, 5.41) is 4.82. The van der Waals surface area contributed by atoms with Crippen LogP contribution in [-0.4, -0.2) is 31.5 Å². The van der Waals surface area contributed by atoms with Crippen molar-refractivity contribution in [1.29, 1.82) is 0 Å². The fraction of sp³-hybridized carbons (Fsp3) is 0.208. The first-order chi connectivity index (χ1) is 14.7. The van der Waals surface area contributed by atoms with E-state index in [1.54, 1.807) is 4.90 Å². The Morgan fingerprint density at radius 1 is 1.03 bits per heavy atom. The minimum absolute atomic E-state index is 0.00687. The summed E-state index contributed by atoms with van der Waals surface area (Å²) in [6, 6.07) is 20.0. The van der Waals surface area contributed by atoms with Gasteiger partial charge in [0.15, 0.2) is 0 Å². The van der Waals surface area contributed by atoms with Gasteiger partial charge in [-0.2, -0.15) is 5.10 Å². The first kappa shape index (κ1) is 20.6. The zero-order valence-corrected chi connectivity index (χ0v) is 18.5. The molecule has 1 amide bonds. The quantitative estimate of drug-likeness (QED) is 0.263. The maximum Gasteiger partial charge on any atom is 0.266 e. The summed E-state index contributed by atoms with van der Waals surface area (Å²) in [6.07, 6.45) is 7.08. The van der Waals surface area contributed by atoms with Crippen LogP contribution in [0.25, 0.3) is 23.0 Å². The molecule has 1 aliphatic rings. The van der Waals surface area contributed by atoms with Crippen molar-refractivity contribution in [3.63, 3.8) is 0 Å². The van der Waals surface area contributed by atoms with Gasteiger partial charge < -0.3 is 0 Å². The van der Waals surface area contributed by atoms with E-state index < -0.39 is 0 Å². The number of para-hydroxylation sites is 1. The highest BCUT2D eigenvalue weighted by Gasteiger charge is 2.31. The molecular formula is C24H23N3OS2. The van der Waals surface area contributed by atoms with Crippen LogP contribution >= 0.6 is 24.0 Å². The van der Waals surface area contributed by atoms with E-state index in [2.05, 4.69) is 6.92 Å². The Kier molecular flexibility index (Phi) is 6.45. The van der Waals surface area contributed by atoms with Crippen LogP contribution in [0, 0.1) is 0 Å². The van der Waals surface area contributed by atoms with Gasteiger partial charge in [-0.3, -0.25) is 9.69 Å². The Labute approximate surface area is 186 Å². The number of carbonyl (C=O) groups excluding carboxylic acids is 1. The fourth-order valence-corrected chi connectivity index (χ4v) is 4.68. The van der Waals surface area contributed by atoms with Crippen LogP contribution in [0.4, 0.5) is 0 Å². The van der Waals surface area contributed by atoms with Crippen molar-refractivity contribution in [2.75, 3.05) is 6.54 Å². The maximum atomic E-state index is 13.0. The molecule has 30 heavy (non-hydrogen) atoms. The van der Waals surface area contributed by atoms with E-state index in [1.165, 1.54) is 11.8 Å². The molecule has 152 valence electrons. The number of rotatable bonds is 7. The number of thiocarbonyl (C=S) groups is 1. The van der Waals surface area contributed by atoms with Gasteiger partial charge >= 0.3 is 0 Å². The minimum atomic E-state index is -0.00687. The van der Waals surface area contributed by atoms with E-state index in [0.29, 0.717) is 15.8 Å². The molecule has 2 aromatic carbocycles. The molecule has 1 fully saturated rings. The van der Waals surface area contributed by atoms with Gasteiger partial charge in [-0.05, 0) is 24.6 Å². The SMILES string of the molecule is CCCCCN1C(=O)/C(=C/c2cn(-c3ccccc3)nc2-c2ccccc2)SC1=S. The van der Waals surface area contributed by atoms with E-state index in [-0.39, 0.29) is 5.91 Å². The molecule has 0 spiro atoms. The summed E-state index contributed by atoms with van der Waals surface area (Å²) >= 11 is 6.85. The van der Waals surface area contributed by atoms with E-state index in [0.717, 1.165) is 41.8 Å². The van der Waals surface area contributed by atoms with Crippen molar-refractivity contribution in [3.05, 3.63) is 77.3 Å². The molecule has 0 aliphatic carbocycles. The van der Waals surface area contributed by atoms with Gasteiger partial charge in [0.05, 0.1) is 16.3 Å². The second kappa shape index (κ2) is 9.41. The van der Waals surface area contributed by atoms with Crippen molar-refractivity contribution in [2.24, 2.45) is 0 Å². The lowest BCUT2D eigenvalue weighted by Crippen LogP contribution is -2.28. The molecule has 2 heterocycles. The van der Waals surface area contributed by atoms with Gasteiger partial charge in [0, 0.05) is 23.9 Å². The summed E-state index contributed by atoms with van der Waals surface area (Å²) in [4.78, 5) is 15.3. The lowest BCUT2D eigenvalue weighted by molar-refractivity contribution is -0.122. The number of amides is 1. The summed E-state index contributed by atoms with van der Waals surface area (Å²) in [6.45, 7) is 2.84. The van der Waals surface area contributed by atoms with Crippen molar-refractivity contribution < 1.29 is 4.79 Å². The van der Waals surface area contributed by atoms with E-state index >= 15 is 0 Å². The molecule has 0 N–H and O–H groups in total. The average molecular weight is 434 g/mol. The molecule has 0 saturated carbocycles. The zero-order valence-electron chi connectivity index (χ0n) is 16.8. The van der Waals surface area contributed by atoms with Crippen molar-refractivity contribution in [2.45, 2.75) is 26.2 Å². The second-order valence-corrected chi connectivity index (χ2v) is 8.80. The fourth-order valence-electron chi connectivity index (χ4n) is 3.38. The Morgan fingerprint density at radius 2 is 1.73 bits per heavy atom. The number of hydrogen-bond donors (Lipinski definition) is 0. The monoisotopic (exact) mass is 433 g/mol. The molecular weight excluding hydrogens is 410 g/mol. The number of hydrogen-bond acceptors (Lipinski definition) is 4. The van der Waals surface area contributed by atoms with Crippen molar-refractivity contribution in [1.82, 2.24) is 14.7 Å². The third kappa shape index (κ3) is 4.40. The Hall–Kier alpha value is -2.70. The van der Waals surface area contributed by atoms with Crippen LogP contribution in [-0.2, 0) is 4.79 Å². The topological polar surface area (TPSA) is 38.1 Å². The lowest BCUT2D eigenvalue weighted by Gasteiger charge is -2.13. The standard InChI is InChI=1S/C24H23N3OS2/c1-2-3-10-15-26-23(28)21(30-24(26)29)16-19-17-27(20-13-8-5-9-14-20)25-22(19)18-11-6-4-7-12-18/h4-9,11-14,16-17H,2-3,10,15H2,1H3/b21-16-. The highest BCUT2D eigenvalue weighted by Crippen LogP contribution is 2.35. The van der Waals surface area contributed by atoms with Crippen molar-refractivity contribution in [3.8, 4) is 16.9 Å².